The molecule has 0 aliphatic rings. The molecule has 0 saturated carbocycles. The smallest absolute Gasteiger partial charge is 0.264 e. The van der Waals surface area contributed by atoms with Gasteiger partial charge in [-0.1, -0.05) is 23.2 Å². The third-order valence-electron chi connectivity index (χ3n) is 2.93. The van der Waals surface area contributed by atoms with E-state index in [1.54, 1.807) is 6.92 Å². The van der Waals surface area contributed by atoms with E-state index in [0.29, 0.717) is 5.82 Å². The molecule has 8 nitrogen and oxygen atoms in total. The number of aromatic amines is 2. The number of hydrogen-bond donors (Lipinski definition) is 3. The van der Waals surface area contributed by atoms with E-state index < -0.39 is 15.6 Å². The second kappa shape index (κ2) is 5.52. The molecule has 3 aromatic rings. The Bertz CT molecular complexity index is 1050. The Labute approximate surface area is 139 Å². The van der Waals surface area contributed by atoms with Gasteiger partial charge in [-0.2, -0.15) is 5.10 Å². The average molecular weight is 374 g/mol. The van der Waals surface area contributed by atoms with Gasteiger partial charge in [0.25, 0.3) is 15.6 Å². The molecular formula is C12H9Cl2N5O3S. The first kappa shape index (κ1) is 15.8. The molecule has 120 valence electrons. The van der Waals surface area contributed by atoms with Gasteiger partial charge >= 0.3 is 0 Å². The average Bonchev–Trinajstić information content (AvgIpc) is 2.80. The normalized spacial score (nSPS) is 11.8. The van der Waals surface area contributed by atoms with Crippen molar-refractivity contribution >= 4 is 50.1 Å². The second-order valence-electron chi connectivity index (χ2n) is 4.66. The number of rotatable bonds is 3. The number of anilines is 1. The maximum Gasteiger partial charge on any atom is 0.264 e. The van der Waals surface area contributed by atoms with Crippen molar-refractivity contribution < 1.29 is 8.42 Å². The van der Waals surface area contributed by atoms with Gasteiger partial charge in [0, 0.05) is 10.0 Å². The van der Waals surface area contributed by atoms with E-state index in [4.69, 9.17) is 23.2 Å². The van der Waals surface area contributed by atoms with Crippen LogP contribution < -0.4 is 10.3 Å². The summed E-state index contributed by atoms with van der Waals surface area (Å²) in [6.45, 7) is 1.60. The van der Waals surface area contributed by atoms with Gasteiger partial charge in [0.2, 0.25) is 0 Å². The molecule has 0 saturated heterocycles. The summed E-state index contributed by atoms with van der Waals surface area (Å²) in [5, 5.41) is 6.64. The molecule has 2 aromatic heterocycles. The third-order valence-corrected chi connectivity index (χ3v) is 4.68. The van der Waals surface area contributed by atoms with Crippen LogP contribution in [-0.4, -0.2) is 28.6 Å². The number of fused-ring (bicyclic) bond motifs is 1. The summed E-state index contributed by atoms with van der Waals surface area (Å²) < 4.78 is 27.0. The molecular weight excluding hydrogens is 365 g/mol. The first-order chi connectivity index (χ1) is 10.8. The first-order valence-corrected chi connectivity index (χ1v) is 8.44. The van der Waals surface area contributed by atoms with Crippen LogP contribution in [0.3, 0.4) is 0 Å². The van der Waals surface area contributed by atoms with Crippen molar-refractivity contribution in [3.05, 3.63) is 44.4 Å². The first-order valence-electron chi connectivity index (χ1n) is 6.20. The highest BCUT2D eigenvalue weighted by atomic mass is 35.5. The summed E-state index contributed by atoms with van der Waals surface area (Å²) in [5.41, 5.74) is -0.337. The largest absolute Gasteiger partial charge is 0.310 e. The van der Waals surface area contributed by atoms with E-state index in [0.717, 1.165) is 0 Å². The quantitative estimate of drug-likeness (QED) is 0.648. The minimum Gasteiger partial charge on any atom is -0.310 e. The summed E-state index contributed by atoms with van der Waals surface area (Å²) in [5.74, 6) is 0.215. The highest BCUT2D eigenvalue weighted by molar-refractivity contribution is 7.92. The van der Waals surface area contributed by atoms with Gasteiger partial charge < -0.3 is 4.98 Å². The van der Waals surface area contributed by atoms with Gasteiger partial charge in [-0.3, -0.25) is 14.6 Å². The zero-order chi connectivity index (χ0) is 16.8. The van der Waals surface area contributed by atoms with Crippen LogP contribution in [0.2, 0.25) is 10.0 Å². The number of hydrogen-bond acceptors (Lipinski definition) is 5. The van der Waals surface area contributed by atoms with E-state index >= 15 is 0 Å². The van der Waals surface area contributed by atoms with Crippen LogP contribution >= 0.6 is 23.2 Å². The SMILES string of the molecule is Cc1nc2[nH]nc(NS(=O)(=O)c3cc(Cl)cc(Cl)c3)c2c(=O)[nH]1. The number of aromatic nitrogens is 4. The molecule has 1 aromatic carbocycles. The number of aryl methyl sites for hydroxylation is 1. The van der Waals surface area contributed by atoms with Crippen molar-refractivity contribution in [3.63, 3.8) is 0 Å². The third kappa shape index (κ3) is 3.03. The predicted octanol–water partition coefficient (Wildman–Crippen LogP) is 2.06. The van der Waals surface area contributed by atoms with Crippen LogP contribution in [0.15, 0.2) is 27.9 Å². The lowest BCUT2D eigenvalue weighted by Crippen LogP contribution is -2.16. The number of nitrogens with zero attached hydrogens (tertiary/aromatic N) is 2. The molecule has 0 fully saturated rings. The van der Waals surface area contributed by atoms with Gasteiger partial charge in [-0.15, -0.1) is 0 Å². The topological polar surface area (TPSA) is 121 Å². The van der Waals surface area contributed by atoms with E-state index in [1.165, 1.54) is 18.2 Å². The van der Waals surface area contributed by atoms with Crippen LogP contribution in [0, 0.1) is 6.92 Å². The Kier molecular flexibility index (Phi) is 3.78. The molecule has 11 heteroatoms. The van der Waals surface area contributed by atoms with Gasteiger partial charge in [0.1, 0.15) is 11.2 Å². The number of H-pyrrole nitrogens is 2. The van der Waals surface area contributed by atoms with Crippen LogP contribution in [-0.2, 0) is 10.0 Å². The molecule has 0 spiro atoms. The maximum atomic E-state index is 12.4. The zero-order valence-corrected chi connectivity index (χ0v) is 13.8. The van der Waals surface area contributed by atoms with E-state index in [1.807, 2.05) is 0 Å². The number of nitrogens with one attached hydrogen (secondary N) is 3. The Morgan fingerprint density at radius 2 is 1.83 bits per heavy atom. The fourth-order valence-electron chi connectivity index (χ4n) is 1.99. The van der Waals surface area contributed by atoms with Crippen LogP contribution in [0.4, 0.5) is 5.82 Å². The summed E-state index contributed by atoms with van der Waals surface area (Å²) >= 11 is 11.6. The monoisotopic (exact) mass is 373 g/mol. The second-order valence-corrected chi connectivity index (χ2v) is 7.21. The van der Waals surface area contributed by atoms with Gasteiger partial charge in [0.05, 0.1) is 4.90 Å². The number of halogens is 2. The van der Waals surface area contributed by atoms with Gasteiger partial charge in [0.15, 0.2) is 11.5 Å². The molecule has 0 amide bonds. The van der Waals surface area contributed by atoms with Gasteiger partial charge in [-0.05, 0) is 25.1 Å². The molecule has 2 heterocycles. The molecule has 0 aliphatic heterocycles. The molecule has 3 rings (SSSR count). The molecule has 3 N–H and O–H groups in total. The highest BCUT2D eigenvalue weighted by Gasteiger charge is 2.20. The zero-order valence-electron chi connectivity index (χ0n) is 11.5. The van der Waals surface area contributed by atoms with Crippen LogP contribution in [0.1, 0.15) is 5.82 Å². The lowest BCUT2D eigenvalue weighted by molar-refractivity contribution is 0.601. The van der Waals surface area contributed by atoms with Crippen molar-refractivity contribution in [2.24, 2.45) is 0 Å². The lowest BCUT2D eigenvalue weighted by Gasteiger charge is -2.06. The minimum absolute atomic E-state index is 0.00676. The number of benzene rings is 1. The minimum atomic E-state index is -4.03. The van der Waals surface area contributed by atoms with Crippen molar-refractivity contribution in [1.29, 1.82) is 0 Å². The Morgan fingerprint density at radius 3 is 2.48 bits per heavy atom. The highest BCUT2D eigenvalue weighted by Crippen LogP contribution is 2.25. The maximum absolute atomic E-state index is 12.4. The Morgan fingerprint density at radius 1 is 1.17 bits per heavy atom. The fraction of sp³-hybridized carbons (Fsp3) is 0.0833. The van der Waals surface area contributed by atoms with Gasteiger partial charge in [-0.25, -0.2) is 13.4 Å². The lowest BCUT2D eigenvalue weighted by atomic mass is 10.4. The van der Waals surface area contributed by atoms with Crippen molar-refractivity contribution in [2.75, 3.05) is 4.72 Å². The molecule has 0 unspecified atom stereocenters. The Balaban J connectivity index is 2.09. The van der Waals surface area contributed by atoms with Crippen LogP contribution in [0.5, 0.6) is 0 Å². The molecule has 0 atom stereocenters. The van der Waals surface area contributed by atoms with Crippen molar-refractivity contribution in [1.82, 2.24) is 20.2 Å². The van der Waals surface area contributed by atoms with Crippen molar-refractivity contribution in [3.8, 4) is 0 Å². The molecule has 0 aliphatic carbocycles. The Hall–Kier alpha value is -2.10. The summed E-state index contributed by atoms with van der Waals surface area (Å²) in [6, 6.07) is 3.87. The van der Waals surface area contributed by atoms with E-state index in [-0.39, 0.29) is 31.8 Å². The number of sulfonamides is 1. The summed E-state index contributed by atoms with van der Waals surface area (Å²) in [4.78, 5) is 18.3. The molecule has 0 bridgehead atoms. The van der Waals surface area contributed by atoms with Crippen molar-refractivity contribution in [2.45, 2.75) is 11.8 Å². The standard InChI is InChI=1S/C12H9Cl2N5O3S/c1-5-15-10-9(12(20)16-5)11(18-17-10)19-23(21,22)8-3-6(13)2-7(14)4-8/h2-4H,1H3,(H3,15,16,17,18,19,20). The van der Waals surface area contributed by atoms with E-state index in [9.17, 15) is 13.2 Å². The fourth-order valence-corrected chi connectivity index (χ4v) is 3.73. The summed E-state index contributed by atoms with van der Waals surface area (Å²) in [6.07, 6.45) is 0. The summed E-state index contributed by atoms with van der Waals surface area (Å²) in [7, 11) is -4.03. The van der Waals surface area contributed by atoms with Crippen LogP contribution in [0.25, 0.3) is 11.0 Å². The predicted molar refractivity (Wildman–Crippen MR) is 86.5 cm³/mol. The molecule has 23 heavy (non-hydrogen) atoms. The molecule has 0 radical (unpaired) electrons. The van der Waals surface area contributed by atoms with E-state index in [2.05, 4.69) is 24.9 Å².